The SMILES string of the molecule is O=c1[nH]c(-c2cccs2)nc2c1CCN(Cc1sc3ccccc3c1Br)C2. The van der Waals surface area contributed by atoms with Gasteiger partial charge in [0.25, 0.3) is 5.56 Å². The largest absolute Gasteiger partial charge is 0.306 e. The van der Waals surface area contributed by atoms with Gasteiger partial charge in [0, 0.05) is 44.6 Å². The minimum atomic E-state index is 0.00564. The van der Waals surface area contributed by atoms with E-state index in [2.05, 4.69) is 50.1 Å². The first-order valence-corrected chi connectivity index (χ1v) is 11.2. The highest BCUT2D eigenvalue weighted by molar-refractivity contribution is 9.10. The second-order valence-electron chi connectivity index (χ2n) is 6.61. The Morgan fingerprint density at radius 2 is 2.11 bits per heavy atom. The predicted octanol–water partition coefficient (Wildman–Crippen LogP) is 5.03. The minimum absolute atomic E-state index is 0.00564. The lowest BCUT2D eigenvalue weighted by Gasteiger charge is -2.27. The van der Waals surface area contributed by atoms with Crippen LogP contribution < -0.4 is 5.56 Å². The van der Waals surface area contributed by atoms with Crippen molar-refractivity contribution in [3.63, 3.8) is 0 Å². The maximum atomic E-state index is 12.5. The van der Waals surface area contributed by atoms with Crippen LogP contribution in [0.4, 0.5) is 0 Å². The Balaban J connectivity index is 1.45. The topological polar surface area (TPSA) is 49.0 Å². The number of halogens is 1. The van der Waals surface area contributed by atoms with Gasteiger partial charge in [0.15, 0.2) is 5.82 Å². The molecule has 27 heavy (non-hydrogen) atoms. The number of hydrogen-bond donors (Lipinski definition) is 1. The van der Waals surface area contributed by atoms with E-state index >= 15 is 0 Å². The van der Waals surface area contributed by atoms with Gasteiger partial charge in [-0.3, -0.25) is 9.69 Å². The van der Waals surface area contributed by atoms with E-state index < -0.39 is 0 Å². The van der Waals surface area contributed by atoms with E-state index in [-0.39, 0.29) is 5.56 Å². The van der Waals surface area contributed by atoms with Gasteiger partial charge in [0.2, 0.25) is 0 Å². The van der Waals surface area contributed by atoms with Crippen molar-refractivity contribution in [3.8, 4) is 10.7 Å². The first-order valence-electron chi connectivity index (χ1n) is 8.73. The van der Waals surface area contributed by atoms with Crippen LogP contribution in [-0.4, -0.2) is 21.4 Å². The van der Waals surface area contributed by atoms with Crippen LogP contribution in [0, 0.1) is 0 Å². The number of aromatic amines is 1. The molecule has 0 atom stereocenters. The van der Waals surface area contributed by atoms with Gasteiger partial charge in [-0.2, -0.15) is 0 Å². The van der Waals surface area contributed by atoms with Gasteiger partial charge in [0.1, 0.15) is 0 Å². The van der Waals surface area contributed by atoms with Crippen LogP contribution in [0.25, 0.3) is 20.8 Å². The second kappa shape index (κ2) is 6.98. The van der Waals surface area contributed by atoms with Crippen molar-refractivity contribution in [1.29, 1.82) is 0 Å². The highest BCUT2D eigenvalue weighted by Gasteiger charge is 2.23. The first-order chi connectivity index (χ1) is 13.2. The van der Waals surface area contributed by atoms with E-state index in [0.29, 0.717) is 12.4 Å². The molecule has 7 heteroatoms. The molecule has 1 N–H and O–H groups in total. The third-order valence-corrected chi connectivity index (χ3v) is 8.08. The van der Waals surface area contributed by atoms with E-state index in [4.69, 9.17) is 4.98 Å². The molecule has 4 heterocycles. The van der Waals surface area contributed by atoms with Gasteiger partial charge in [-0.25, -0.2) is 4.98 Å². The lowest BCUT2D eigenvalue weighted by molar-refractivity contribution is 0.242. The first kappa shape index (κ1) is 17.3. The normalized spacial score (nSPS) is 14.6. The summed E-state index contributed by atoms with van der Waals surface area (Å²) in [6, 6.07) is 12.4. The Labute approximate surface area is 172 Å². The van der Waals surface area contributed by atoms with Crippen LogP contribution in [0.1, 0.15) is 16.1 Å². The third-order valence-electron chi connectivity index (χ3n) is 4.88. The van der Waals surface area contributed by atoms with Crippen molar-refractivity contribution in [1.82, 2.24) is 14.9 Å². The van der Waals surface area contributed by atoms with Crippen molar-refractivity contribution in [3.05, 3.63) is 72.7 Å². The quantitative estimate of drug-likeness (QED) is 0.468. The van der Waals surface area contributed by atoms with Crippen LogP contribution in [0.2, 0.25) is 0 Å². The Bertz CT molecular complexity index is 1180. The Morgan fingerprint density at radius 1 is 1.22 bits per heavy atom. The summed E-state index contributed by atoms with van der Waals surface area (Å²) in [5, 5.41) is 3.27. The molecule has 0 spiro atoms. The van der Waals surface area contributed by atoms with Crippen molar-refractivity contribution in [2.45, 2.75) is 19.5 Å². The lowest BCUT2D eigenvalue weighted by Crippen LogP contribution is -2.34. The number of nitrogens with one attached hydrogen (secondary N) is 1. The van der Waals surface area contributed by atoms with Crippen LogP contribution >= 0.6 is 38.6 Å². The molecule has 1 aliphatic rings. The number of hydrogen-bond acceptors (Lipinski definition) is 5. The number of rotatable bonds is 3. The number of aromatic nitrogens is 2. The zero-order chi connectivity index (χ0) is 18.4. The average Bonchev–Trinajstić information content (AvgIpc) is 3.31. The van der Waals surface area contributed by atoms with Gasteiger partial charge in [0.05, 0.1) is 10.6 Å². The number of fused-ring (bicyclic) bond motifs is 2. The molecule has 3 aromatic heterocycles. The summed E-state index contributed by atoms with van der Waals surface area (Å²) >= 11 is 7.19. The molecule has 0 saturated carbocycles. The highest BCUT2D eigenvalue weighted by Crippen LogP contribution is 2.36. The Hall–Kier alpha value is -1.80. The van der Waals surface area contributed by atoms with Crippen LogP contribution in [0.5, 0.6) is 0 Å². The molecule has 0 amide bonds. The van der Waals surface area contributed by atoms with Gasteiger partial charge in [-0.05, 0) is 39.9 Å². The monoisotopic (exact) mass is 457 g/mol. The van der Waals surface area contributed by atoms with Crippen molar-refractivity contribution >= 4 is 48.7 Å². The van der Waals surface area contributed by atoms with Gasteiger partial charge < -0.3 is 4.98 Å². The summed E-state index contributed by atoms with van der Waals surface area (Å²) in [4.78, 5) is 24.9. The van der Waals surface area contributed by atoms with E-state index in [9.17, 15) is 4.79 Å². The molecule has 4 aromatic rings. The summed E-state index contributed by atoms with van der Waals surface area (Å²) in [6.07, 6.45) is 0.741. The summed E-state index contributed by atoms with van der Waals surface area (Å²) in [5.41, 5.74) is 1.75. The average molecular weight is 458 g/mol. The number of benzene rings is 1. The molecule has 1 aromatic carbocycles. The van der Waals surface area contributed by atoms with E-state index in [1.54, 1.807) is 11.3 Å². The molecule has 0 saturated heterocycles. The van der Waals surface area contributed by atoms with Crippen molar-refractivity contribution in [2.75, 3.05) is 6.54 Å². The van der Waals surface area contributed by atoms with Crippen molar-refractivity contribution in [2.24, 2.45) is 0 Å². The molecular weight excluding hydrogens is 442 g/mol. The zero-order valence-electron chi connectivity index (χ0n) is 14.4. The molecule has 0 radical (unpaired) electrons. The van der Waals surface area contributed by atoms with Gasteiger partial charge >= 0.3 is 0 Å². The maximum absolute atomic E-state index is 12.5. The fraction of sp³-hybridized carbons (Fsp3) is 0.200. The summed E-state index contributed by atoms with van der Waals surface area (Å²) < 4.78 is 2.48. The highest BCUT2D eigenvalue weighted by atomic mass is 79.9. The second-order valence-corrected chi connectivity index (χ2v) is 9.49. The molecule has 0 fully saturated rings. The maximum Gasteiger partial charge on any atom is 0.254 e. The smallest absolute Gasteiger partial charge is 0.254 e. The molecule has 0 unspecified atom stereocenters. The minimum Gasteiger partial charge on any atom is -0.306 e. The number of H-pyrrole nitrogens is 1. The molecule has 136 valence electrons. The van der Waals surface area contributed by atoms with Crippen LogP contribution in [0.3, 0.4) is 0 Å². The molecule has 0 aliphatic carbocycles. The Morgan fingerprint density at radius 3 is 2.93 bits per heavy atom. The van der Waals surface area contributed by atoms with Crippen LogP contribution in [-0.2, 0) is 19.5 Å². The zero-order valence-corrected chi connectivity index (χ0v) is 17.6. The fourth-order valence-electron chi connectivity index (χ4n) is 3.53. The molecule has 4 nitrogen and oxygen atoms in total. The third kappa shape index (κ3) is 3.18. The number of thiophene rings is 2. The van der Waals surface area contributed by atoms with Crippen LogP contribution in [0.15, 0.2) is 51.0 Å². The fourth-order valence-corrected chi connectivity index (χ4v) is 6.18. The molecule has 1 aliphatic heterocycles. The summed E-state index contributed by atoms with van der Waals surface area (Å²) in [6.45, 7) is 2.44. The van der Waals surface area contributed by atoms with Crippen molar-refractivity contribution < 1.29 is 0 Å². The van der Waals surface area contributed by atoms with E-state index in [1.807, 2.05) is 28.8 Å². The summed E-state index contributed by atoms with van der Waals surface area (Å²) in [5.74, 6) is 0.679. The lowest BCUT2D eigenvalue weighted by atomic mass is 10.1. The van der Waals surface area contributed by atoms with Gasteiger partial charge in [-0.1, -0.05) is 24.3 Å². The van der Waals surface area contributed by atoms with E-state index in [0.717, 1.165) is 35.6 Å². The molecule has 5 rings (SSSR count). The molecular formula is C20H16BrN3OS2. The Kier molecular flexibility index (Phi) is 4.47. The van der Waals surface area contributed by atoms with E-state index in [1.165, 1.54) is 19.4 Å². The summed E-state index contributed by atoms with van der Waals surface area (Å²) in [7, 11) is 0. The van der Waals surface area contributed by atoms with Gasteiger partial charge in [-0.15, -0.1) is 22.7 Å². The standard InChI is InChI=1S/C20H16BrN3OS2/c21-18-13-4-1-2-5-15(13)27-17(18)11-24-8-7-12-14(10-24)22-19(23-20(12)25)16-6-3-9-26-16/h1-6,9H,7-8,10-11H2,(H,22,23,25). The molecule has 0 bridgehead atoms. The number of nitrogens with zero attached hydrogens (tertiary/aromatic N) is 2. The predicted molar refractivity (Wildman–Crippen MR) is 116 cm³/mol.